The van der Waals surface area contributed by atoms with Crippen LogP contribution in [-0.4, -0.2) is 25.5 Å². The summed E-state index contributed by atoms with van der Waals surface area (Å²) in [5.41, 5.74) is 5.84. The number of hydrogen-bond acceptors (Lipinski definition) is 3. The summed E-state index contributed by atoms with van der Waals surface area (Å²) in [6.45, 7) is 5.55. The van der Waals surface area contributed by atoms with E-state index in [4.69, 9.17) is 15.2 Å². The van der Waals surface area contributed by atoms with Crippen molar-refractivity contribution in [2.45, 2.75) is 58.3 Å². The maximum atomic E-state index is 5.84. The normalized spacial score (nSPS) is 28.4. The van der Waals surface area contributed by atoms with Crippen LogP contribution >= 0.6 is 0 Å². The Morgan fingerprint density at radius 1 is 1.00 bits per heavy atom. The van der Waals surface area contributed by atoms with Crippen LogP contribution in [0.1, 0.15) is 46.0 Å². The second-order valence-corrected chi connectivity index (χ2v) is 4.19. The van der Waals surface area contributed by atoms with Crippen LogP contribution in [0.5, 0.6) is 0 Å². The Balaban J connectivity index is 0. The van der Waals surface area contributed by atoms with Gasteiger partial charge in [-0.3, -0.25) is 0 Å². The fourth-order valence-electron chi connectivity index (χ4n) is 2.24. The van der Waals surface area contributed by atoms with Crippen molar-refractivity contribution in [1.82, 2.24) is 0 Å². The third-order valence-corrected chi connectivity index (χ3v) is 3.11. The summed E-state index contributed by atoms with van der Waals surface area (Å²) >= 11 is 0. The Morgan fingerprint density at radius 3 is 1.94 bits per heavy atom. The average molecular weight is 282 g/mol. The molecule has 0 aromatic carbocycles. The van der Waals surface area contributed by atoms with Crippen LogP contribution < -0.4 is 5.73 Å². The summed E-state index contributed by atoms with van der Waals surface area (Å²) in [5.74, 6) is 0.780. The van der Waals surface area contributed by atoms with Gasteiger partial charge < -0.3 is 22.6 Å². The van der Waals surface area contributed by atoms with E-state index in [2.05, 4.69) is 0 Å². The molecule has 104 valence electrons. The number of rotatable bonds is 2. The molecule has 1 heterocycles. The van der Waals surface area contributed by atoms with Gasteiger partial charge in [0.15, 0.2) is 6.29 Å². The molecule has 2 aliphatic rings. The van der Waals surface area contributed by atoms with Crippen molar-refractivity contribution in [3.05, 3.63) is 7.43 Å². The molecule has 0 amide bonds. The maximum absolute atomic E-state index is 5.84. The average Bonchev–Trinajstić information content (AvgIpc) is 2.77. The second-order valence-electron chi connectivity index (χ2n) is 4.19. The van der Waals surface area contributed by atoms with E-state index in [1.165, 1.54) is 25.7 Å². The predicted molar refractivity (Wildman–Crippen MR) is 68.0 cm³/mol. The van der Waals surface area contributed by atoms with Gasteiger partial charge in [0.1, 0.15) is 0 Å². The molecule has 0 spiro atoms. The topological polar surface area (TPSA) is 44.5 Å². The van der Waals surface area contributed by atoms with E-state index in [1.807, 2.05) is 13.8 Å². The van der Waals surface area contributed by atoms with E-state index in [1.54, 1.807) is 0 Å². The first-order valence-electron chi connectivity index (χ1n) is 6.33. The van der Waals surface area contributed by atoms with Gasteiger partial charge in [0, 0.05) is 29.8 Å². The van der Waals surface area contributed by atoms with Crippen LogP contribution in [0, 0.1) is 13.3 Å². The molecule has 2 N–H and O–H groups in total. The molecule has 17 heavy (non-hydrogen) atoms. The van der Waals surface area contributed by atoms with E-state index >= 15 is 0 Å². The summed E-state index contributed by atoms with van der Waals surface area (Å²) in [6, 6.07) is 0.446. The zero-order valence-corrected chi connectivity index (χ0v) is 12.8. The molecule has 2 fully saturated rings. The van der Waals surface area contributed by atoms with Crippen molar-refractivity contribution in [2.75, 3.05) is 13.2 Å². The van der Waals surface area contributed by atoms with Crippen molar-refractivity contribution in [2.24, 2.45) is 11.7 Å². The molecule has 0 bridgehead atoms. The minimum atomic E-state index is 0. The molecular formula is C13H28CrNO2-. The molecule has 2 rings (SSSR count). The molecule has 1 aliphatic heterocycles. The number of nitrogens with two attached hydrogens (primary N) is 1. The van der Waals surface area contributed by atoms with Crippen molar-refractivity contribution >= 4 is 0 Å². The summed E-state index contributed by atoms with van der Waals surface area (Å²) in [6.07, 6.45) is 6.02. The first-order chi connectivity index (χ1) is 7.34. The zero-order chi connectivity index (χ0) is 11.1. The van der Waals surface area contributed by atoms with Gasteiger partial charge in [-0.05, 0) is 31.6 Å². The fraction of sp³-hybridized carbons (Fsp3) is 0.923. The first-order valence-corrected chi connectivity index (χ1v) is 6.33. The molecule has 0 atom stereocenters. The maximum Gasteiger partial charge on any atom is 0.158 e. The van der Waals surface area contributed by atoms with Gasteiger partial charge in [-0.25, -0.2) is 0 Å². The molecule has 1 saturated carbocycles. The third-order valence-electron chi connectivity index (χ3n) is 3.11. The molecule has 0 aromatic rings. The minimum absolute atomic E-state index is 0. The predicted octanol–water partition coefficient (Wildman–Crippen LogP) is 2.74. The summed E-state index contributed by atoms with van der Waals surface area (Å²) in [5, 5.41) is 0. The van der Waals surface area contributed by atoms with Crippen LogP contribution in [-0.2, 0) is 26.8 Å². The Hall–Kier alpha value is 0.412. The van der Waals surface area contributed by atoms with E-state index in [-0.39, 0.29) is 31.1 Å². The van der Waals surface area contributed by atoms with Gasteiger partial charge in [0.25, 0.3) is 0 Å². The van der Waals surface area contributed by atoms with Crippen LogP contribution in [0.25, 0.3) is 0 Å². The monoisotopic (exact) mass is 282 g/mol. The summed E-state index contributed by atoms with van der Waals surface area (Å²) in [7, 11) is 0. The smallest absolute Gasteiger partial charge is 0.158 e. The van der Waals surface area contributed by atoms with Crippen molar-refractivity contribution < 1.29 is 26.8 Å². The third kappa shape index (κ3) is 7.44. The molecule has 0 radical (unpaired) electrons. The van der Waals surface area contributed by atoms with Gasteiger partial charge in [-0.15, -0.1) is 0 Å². The van der Waals surface area contributed by atoms with Gasteiger partial charge in [0.05, 0.1) is 13.2 Å². The Kier molecular flexibility index (Phi) is 13.4. The SMILES string of the molecule is CC.NC1CCC(CC2OCCO2)CC1.[CH3-].[Cr]. The van der Waals surface area contributed by atoms with E-state index in [9.17, 15) is 0 Å². The first kappa shape index (κ1) is 19.7. The Labute approximate surface area is 118 Å². The Bertz CT molecular complexity index is 155. The van der Waals surface area contributed by atoms with Crippen LogP contribution in [0.4, 0.5) is 0 Å². The second kappa shape index (κ2) is 11.5. The van der Waals surface area contributed by atoms with Gasteiger partial charge >= 0.3 is 0 Å². The molecule has 1 aliphatic carbocycles. The van der Waals surface area contributed by atoms with Crippen molar-refractivity contribution in [3.8, 4) is 0 Å². The Morgan fingerprint density at radius 2 is 1.47 bits per heavy atom. The largest absolute Gasteiger partial charge is 0.358 e. The zero-order valence-electron chi connectivity index (χ0n) is 11.5. The fourth-order valence-corrected chi connectivity index (χ4v) is 2.24. The van der Waals surface area contributed by atoms with Crippen LogP contribution in [0.2, 0.25) is 0 Å². The van der Waals surface area contributed by atoms with Gasteiger partial charge in [0.2, 0.25) is 0 Å². The summed E-state index contributed by atoms with van der Waals surface area (Å²) in [4.78, 5) is 0. The standard InChI is InChI=1S/C10H19NO2.C2H6.CH3.Cr/c11-9-3-1-8(2-4-9)7-10-12-5-6-13-10;1-2;;/h8-10H,1-7,11H2;1-2H3;1H3;/q;;-1;. The van der Waals surface area contributed by atoms with Gasteiger partial charge in [-0.1, -0.05) is 13.8 Å². The number of ether oxygens (including phenoxy) is 2. The van der Waals surface area contributed by atoms with Crippen molar-refractivity contribution in [3.63, 3.8) is 0 Å². The molecule has 1 saturated heterocycles. The van der Waals surface area contributed by atoms with Crippen LogP contribution in [0.3, 0.4) is 0 Å². The summed E-state index contributed by atoms with van der Waals surface area (Å²) < 4.78 is 10.9. The van der Waals surface area contributed by atoms with E-state index in [0.717, 1.165) is 25.6 Å². The van der Waals surface area contributed by atoms with E-state index < -0.39 is 0 Å². The van der Waals surface area contributed by atoms with Crippen molar-refractivity contribution in [1.29, 1.82) is 0 Å². The molecule has 4 heteroatoms. The van der Waals surface area contributed by atoms with Gasteiger partial charge in [-0.2, -0.15) is 0 Å². The minimum Gasteiger partial charge on any atom is -0.358 e. The number of hydrogen-bond donors (Lipinski definition) is 1. The molecule has 0 unspecified atom stereocenters. The quantitative estimate of drug-likeness (QED) is 0.792. The van der Waals surface area contributed by atoms with Crippen LogP contribution in [0.15, 0.2) is 0 Å². The molecule has 3 nitrogen and oxygen atoms in total. The van der Waals surface area contributed by atoms with E-state index in [0.29, 0.717) is 6.04 Å². The molecular weight excluding hydrogens is 254 g/mol. The molecule has 0 aromatic heterocycles.